The van der Waals surface area contributed by atoms with Gasteiger partial charge in [-0.3, -0.25) is 0 Å². The lowest BCUT2D eigenvalue weighted by atomic mass is 10.5. The molecule has 0 aliphatic heterocycles. The largest absolute Gasteiger partial charge is 0.209 e. The molecule has 1 atom stereocenters. The third-order valence-corrected chi connectivity index (χ3v) is 2.92. The third-order valence-electron chi connectivity index (χ3n) is 0.534. The standard InChI is InChI=1S/C3H2Cl6/c4-1(2(5)6)3(7,8)9/h1-2H/t1-/m0/s1. The van der Waals surface area contributed by atoms with Gasteiger partial charge in [0.1, 0.15) is 10.2 Å². The van der Waals surface area contributed by atoms with Crippen molar-refractivity contribution in [2.45, 2.75) is 14.0 Å². The van der Waals surface area contributed by atoms with Gasteiger partial charge in [0.2, 0.25) is 3.79 Å². The maximum absolute atomic E-state index is 5.43. The summed E-state index contributed by atoms with van der Waals surface area (Å²) in [5.74, 6) is 0. The molecule has 0 saturated carbocycles. The molecule has 0 aromatic heterocycles. The second-order valence-electron chi connectivity index (χ2n) is 1.28. The van der Waals surface area contributed by atoms with E-state index in [2.05, 4.69) is 0 Å². The smallest absolute Gasteiger partial charge is 0.115 e. The normalized spacial score (nSPS) is 16.3. The van der Waals surface area contributed by atoms with Crippen molar-refractivity contribution in [3.63, 3.8) is 0 Å². The zero-order valence-corrected chi connectivity index (χ0v) is 8.46. The van der Waals surface area contributed by atoms with E-state index in [1.807, 2.05) is 0 Å². The van der Waals surface area contributed by atoms with Crippen LogP contribution in [0, 0.1) is 0 Å². The Labute approximate surface area is 83.3 Å². The Kier molecular flexibility index (Phi) is 4.70. The van der Waals surface area contributed by atoms with E-state index in [0.29, 0.717) is 0 Å². The Morgan fingerprint density at radius 3 is 1.22 bits per heavy atom. The highest BCUT2D eigenvalue weighted by molar-refractivity contribution is 6.71. The van der Waals surface area contributed by atoms with Gasteiger partial charge in [0.15, 0.2) is 0 Å². The molecular weight excluding hydrogens is 249 g/mol. The second kappa shape index (κ2) is 3.94. The molecule has 0 saturated heterocycles. The Morgan fingerprint density at radius 1 is 0.889 bits per heavy atom. The highest BCUT2D eigenvalue weighted by Crippen LogP contribution is 2.38. The van der Waals surface area contributed by atoms with E-state index < -0.39 is 14.0 Å². The molecule has 0 fully saturated rings. The van der Waals surface area contributed by atoms with Crippen LogP contribution in [0.15, 0.2) is 0 Å². The molecule has 0 aliphatic rings. The fourth-order valence-electron chi connectivity index (χ4n) is 0.143. The molecule has 56 valence electrons. The van der Waals surface area contributed by atoms with Crippen molar-refractivity contribution in [1.82, 2.24) is 0 Å². The van der Waals surface area contributed by atoms with E-state index in [4.69, 9.17) is 69.6 Å². The van der Waals surface area contributed by atoms with Crippen LogP contribution < -0.4 is 0 Å². The van der Waals surface area contributed by atoms with E-state index in [1.54, 1.807) is 0 Å². The van der Waals surface area contributed by atoms with Crippen LogP contribution in [0.1, 0.15) is 0 Å². The highest BCUT2D eigenvalue weighted by Gasteiger charge is 2.35. The summed E-state index contributed by atoms with van der Waals surface area (Å²) in [6.45, 7) is 0. The maximum Gasteiger partial charge on any atom is 0.209 e. The van der Waals surface area contributed by atoms with Crippen molar-refractivity contribution in [1.29, 1.82) is 0 Å². The molecule has 0 amide bonds. The molecule has 0 rings (SSSR count). The Morgan fingerprint density at radius 2 is 1.22 bits per heavy atom. The van der Waals surface area contributed by atoms with Crippen molar-refractivity contribution in [3.8, 4) is 0 Å². The molecule has 0 radical (unpaired) electrons. The first kappa shape index (κ1) is 10.7. The summed E-state index contributed by atoms with van der Waals surface area (Å²) in [4.78, 5) is -0.876. The molecule has 0 unspecified atom stereocenters. The van der Waals surface area contributed by atoms with Crippen LogP contribution in [-0.2, 0) is 0 Å². The van der Waals surface area contributed by atoms with Crippen LogP contribution in [0.25, 0.3) is 0 Å². The van der Waals surface area contributed by atoms with Crippen molar-refractivity contribution >= 4 is 69.6 Å². The SMILES string of the molecule is ClC(Cl)[C@H](Cl)C(Cl)(Cl)Cl. The summed E-state index contributed by atoms with van der Waals surface area (Å²) in [7, 11) is 0. The zero-order valence-electron chi connectivity index (χ0n) is 3.92. The predicted molar refractivity (Wildman–Crippen MR) is 45.4 cm³/mol. The van der Waals surface area contributed by atoms with E-state index in [9.17, 15) is 0 Å². The molecule has 0 heterocycles. The van der Waals surface area contributed by atoms with E-state index in [-0.39, 0.29) is 0 Å². The fraction of sp³-hybridized carbons (Fsp3) is 1.00. The molecule has 6 heteroatoms. The van der Waals surface area contributed by atoms with Crippen LogP contribution in [0.2, 0.25) is 0 Å². The van der Waals surface area contributed by atoms with Crippen LogP contribution in [0.5, 0.6) is 0 Å². The summed E-state index contributed by atoms with van der Waals surface area (Å²) in [5, 5.41) is -0.883. The first-order valence-corrected chi connectivity index (χ1v) is 4.29. The fourth-order valence-corrected chi connectivity index (χ4v) is 1.29. The minimum atomic E-state index is -1.60. The van der Waals surface area contributed by atoms with Gasteiger partial charge in [0.25, 0.3) is 0 Å². The van der Waals surface area contributed by atoms with E-state index in [0.717, 1.165) is 0 Å². The lowest BCUT2D eigenvalue weighted by Crippen LogP contribution is -2.25. The van der Waals surface area contributed by atoms with Gasteiger partial charge in [-0.05, 0) is 0 Å². The van der Waals surface area contributed by atoms with Gasteiger partial charge in [0.05, 0.1) is 0 Å². The average Bonchev–Trinajstić information content (AvgIpc) is 1.62. The van der Waals surface area contributed by atoms with Gasteiger partial charge in [-0.25, -0.2) is 0 Å². The number of hydrogen-bond acceptors (Lipinski definition) is 0. The molecule has 0 spiro atoms. The molecule has 0 aromatic rings. The van der Waals surface area contributed by atoms with Crippen molar-refractivity contribution in [2.24, 2.45) is 0 Å². The second-order valence-corrected chi connectivity index (χ2v) is 5.28. The van der Waals surface area contributed by atoms with Gasteiger partial charge in [-0.1, -0.05) is 34.8 Å². The van der Waals surface area contributed by atoms with E-state index in [1.165, 1.54) is 0 Å². The Bertz CT molecular complexity index is 82.8. The van der Waals surface area contributed by atoms with Crippen molar-refractivity contribution in [2.75, 3.05) is 0 Å². The van der Waals surface area contributed by atoms with Crippen LogP contribution in [0.3, 0.4) is 0 Å². The van der Waals surface area contributed by atoms with Crippen molar-refractivity contribution in [3.05, 3.63) is 0 Å². The van der Waals surface area contributed by atoms with Gasteiger partial charge < -0.3 is 0 Å². The number of alkyl halides is 6. The average molecular weight is 251 g/mol. The van der Waals surface area contributed by atoms with Gasteiger partial charge >= 0.3 is 0 Å². The summed E-state index contributed by atoms with van der Waals surface area (Å²) < 4.78 is -1.60. The summed E-state index contributed by atoms with van der Waals surface area (Å²) >= 11 is 31.9. The molecule has 9 heavy (non-hydrogen) atoms. The Balaban J connectivity index is 3.88. The Hall–Kier alpha value is 1.74. The minimum Gasteiger partial charge on any atom is -0.115 e. The highest BCUT2D eigenvalue weighted by atomic mass is 35.6. The van der Waals surface area contributed by atoms with Gasteiger partial charge in [0, 0.05) is 0 Å². The quantitative estimate of drug-likeness (QED) is 0.622. The molecule has 0 bridgehead atoms. The molecular formula is C3H2Cl6. The van der Waals surface area contributed by atoms with Crippen LogP contribution in [-0.4, -0.2) is 14.0 Å². The molecule has 0 nitrogen and oxygen atoms in total. The maximum atomic E-state index is 5.43. The third kappa shape index (κ3) is 4.23. The minimum absolute atomic E-state index is 0.876. The monoisotopic (exact) mass is 248 g/mol. The molecule has 0 aromatic carbocycles. The lowest BCUT2D eigenvalue weighted by molar-refractivity contribution is 0.948. The van der Waals surface area contributed by atoms with Gasteiger partial charge in [-0.15, -0.1) is 34.8 Å². The number of rotatable bonds is 1. The topological polar surface area (TPSA) is 0 Å². The van der Waals surface area contributed by atoms with E-state index >= 15 is 0 Å². The van der Waals surface area contributed by atoms with Crippen LogP contribution >= 0.6 is 69.6 Å². The summed E-state index contributed by atoms with van der Waals surface area (Å²) in [5.41, 5.74) is 0. The number of hydrogen-bond donors (Lipinski definition) is 0. The lowest BCUT2D eigenvalue weighted by Gasteiger charge is -2.17. The zero-order chi connectivity index (χ0) is 7.65. The molecule has 0 N–H and O–H groups in total. The van der Waals surface area contributed by atoms with Gasteiger partial charge in [-0.2, -0.15) is 0 Å². The van der Waals surface area contributed by atoms with Crippen molar-refractivity contribution < 1.29 is 0 Å². The number of halogens is 6. The first-order valence-electron chi connectivity index (χ1n) is 1.84. The summed E-state index contributed by atoms with van der Waals surface area (Å²) in [6.07, 6.45) is 0. The summed E-state index contributed by atoms with van der Waals surface area (Å²) in [6, 6.07) is 0. The first-order chi connectivity index (χ1) is 3.85. The van der Waals surface area contributed by atoms with Crippen LogP contribution in [0.4, 0.5) is 0 Å². The molecule has 0 aliphatic carbocycles. The predicted octanol–water partition coefficient (Wildman–Crippen LogP) is 3.77.